The number of hydrogen-bond acceptors (Lipinski definition) is 4. The summed E-state index contributed by atoms with van der Waals surface area (Å²) in [6, 6.07) is 10.6. The van der Waals surface area contributed by atoms with E-state index in [1.54, 1.807) is 6.07 Å². The van der Waals surface area contributed by atoms with Crippen LogP contribution >= 0.6 is 11.8 Å². The minimum Gasteiger partial charge on any atom is -0.398 e. The van der Waals surface area contributed by atoms with Crippen molar-refractivity contribution in [2.75, 3.05) is 5.73 Å². The molecule has 0 aliphatic heterocycles. The number of nitrogens with two attached hydrogens (primary N) is 2. The summed E-state index contributed by atoms with van der Waals surface area (Å²) in [5.41, 5.74) is 8.73. The minimum atomic E-state index is -3.72. The quantitative estimate of drug-likeness (QED) is 0.854. The first kappa shape index (κ1) is 14.9. The minimum absolute atomic E-state index is 0.0685. The highest BCUT2D eigenvalue weighted by atomic mass is 32.2. The van der Waals surface area contributed by atoms with Gasteiger partial charge in [-0.1, -0.05) is 29.5 Å². The van der Waals surface area contributed by atoms with Crippen LogP contribution in [0.3, 0.4) is 0 Å². The molecule has 0 atom stereocenters. The summed E-state index contributed by atoms with van der Waals surface area (Å²) in [7, 11) is -3.72. The van der Waals surface area contributed by atoms with Crippen LogP contribution in [0.2, 0.25) is 0 Å². The van der Waals surface area contributed by atoms with Crippen LogP contribution in [0.4, 0.5) is 5.69 Å². The van der Waals surface area contributed by atoms with Crippen LogP contribution in [0.15, 0.2) is 51.1 Å². The van der Waals surface area contributed by atoms with Crippen molar-refractivity contribution in [2.24, 2.45) is 5.14 Å². The molecule has 0 saturated heterocycles. The molecule has 0 bridgehead atoms. The van der Waals surface area contributed by atoms with Gasteiger partial charge in [0.25, 0.3) is 0 Å². The molecular formula is C14H16N2O2S2. The molecule has 6 heteroatoms. The van der Waals surface area contributed by atoms with Gasteiger partial charge in [0.15, 0.2) is 0 Å². The number of benzene rings is 2. The maximum atomic E-state index is 11.4. The Kier molecular flexibility index (Phi) is 4.08. The Labute approximate surface area is 123 Å². The van der Waals surface area contributed by atoms with E-state index < -0.39 is 10.0 Å². The second-order valence-electron chi connectivity index (χ2n) is 4.62. The zero-order valence-corrected chi connectivity index (χ0v) is 12.9. The molecule has 0 amide bonds. The summed E-state index contributed by atoms with van der Waals surface area (Å²) >= 11 is 1.43. The molecule has 2 rings (SSSR count). The van der Waals surface area contributed by atoms with Crippen molar-refractivity contribution in [3.63, 3.8) is 0 Å². The number of nitrogen functional groups attached to an aromatic ring is 1. The fourth-order valence-corrected chi connectivity index (χ4v) is 3.39. The van der Waals surface area contributed by atoms with Crippen molar-refractivity contribution in [2.45, 2.75) is 28.5 Å². The van der Waals surface area contributed by atoms with Gasteiger partial charge in [-0.2, -0.15) is 0 Å². The molecule has 0 aliphatic carbocycles. The number of sulfonamides is 1. The first-order valence-electron chi connectivity index (χ1n) is 5.95. The van der Waals surface area contributed by atoms with E-state index in [-0.39, 0.29) is 4.90 Å². The van der Waals surface area contributed by atoms with E-state index in [0.717, 1.165) is 10.5 Å². The number of primary sulfonamides is 1. The van der Waals surface area contributed by atoms with E-state index in [1.165, 1.54) is 29.5 Å². The normalized spacial score (nSPS) is 11.6. The molecule has 0 spiro atoms. The van der Waals surface area contributed by atoms with Crippen LogP contribution in [0.25, 0.3) is 0 Å². The lowest BCUT2D eigenvalue weighted by Crippen LogP contribution is -2.12. The van der Waals surface area contributed by atoms with Gasteiger partial charge in [0.1, 0.15) is 0 Å². The van der Waals surface area contributed by atoms with E-state index in [1.807, 2.05) is 26.0 Å². The van der Waals surface area contributed by atoms with Crippen molar-refractivity contribution in [1.82, 2.24) is 0 Å². The Balaban J connectivity index is 2.43. The Bertz CT molecular complexity index is 756. The third-order valence-corrected chi connectivity index (χ3v) is 5.03. The molecule has 106 valence electrons. The monoisotopic (exact) mass is 308 g/mol. The number of rotatable bonds is 3. The van der Waals surface area contributed by atoms with Gasteiger partial charge < -0.3 is 5.73 Å². The molecular weight excluding hydrogens is 292 g/mol. The highest BCUT2D eigenvalue weighted by Gasteiger charge is 2.12. The fraction of sp³-hybridized carbons (Fsp3) is 0.143. The molecule has 0 aliphatic rings. The predicted octanol–water partition coefficient (Wildman–Crippen LogP) is 2.68. The molecule has 2 aromatic rings. The molecule has 0 heterocycles. The van der Waals surface area contributed by atoms with Crippen molar-refractivity contribution in [1.29, 1.82) is 0 Å². The third kappa shape index (κ3) is 3.33. The van der Waals surface area contributed by atoms with Gasteiger partial charge in [-0.25, -0.2) is 13.6 Å². The second kappa shape index (κ2) is 5.47. The largest absolute Gasteiger partial charge is 0.398 e. The van der Waals surface area contributed by atoms with Crippen molar-refractivity contribution in [3.8, 4) is 0 Å². The maximum Gasteiger partial charge on any atom is 0.238 e. The van der Waals surface area contributed by atoms with E-state index in [4.69, 9.17) is 10.9 Å². The highest BCUT2D eigenvalue weighted by Crippen LogP contribution is 2.35. The molecule has 0 radical (unpaired) electrons. The Morgan fingerprint density at radius 2 is 1.70 bits per heavy atom. The Hall–Kier alpha value is -1.50. The summed E-state index contributed by atoms with van der Waals surface area (Å²) < 4.78 is 22.8. The van der Waals surface area contributed by atoms with E-state index in [9.17, 15) is 8.42 Å². The average molecular weight is 308 g/mol. The lowest BCUT2D eigenvalue weighted by Gasteiger charge is -2.10. The van der Waals surface area contributed by atoms with Crippen LogP contribution < -0.4 is 10.9 Å². The maximum absolute atomic E-state index is 11.4. The van der Waals surface area contributed by atoms with Crippen LogP contribution in [0.1, 0.15) is 11.1 Å². The molecule has 20 heavy (non-hydrogen) atoms. The van der Waals surface area contributed by atoms with Crippen LogP contribution in [0, 0.1) is 13.8 Å². The van der Waals surface area contributed by atoms with Crippen molar-refractivity contribution >= 4 is 27.5 Å². The highest BCUT2D eigenvalue weighted by molar-refractivity contribution is 7.99. The number of anilines is 1. The Morgan fingerprint density at radius 3 is 2.30 bits per heavy atom. The first-order chi connectivity index (χ1) is 9.27. The molecule has 2 aromatic carbocycles. The smallest absolute Gasteiger partial charge is 0.238 e. The number of hydrogen-bond donors (Lipinski definition) is 2. The lowest BCUT2D eigenvalue weighted by atomic mass is 10.2. The summed E-state index contributed by atoms with van der Waals surface area (Å²) in [6.45, 7) is 4.03. The van der Waals surface area contributed by atoms with Gasteiger partial charge in [0, 0.05) is 15.5 Å². The molecule has 4 N–H and O–H groups in total. The summed E-state index contributed by atoms with van der Waals surface area (Å²) in [6.07, 6.45) is 0. The molecule has 0 fully saturated rings. The van der Waals surface area contributed by atoms with Gasteiger partial charge in [0.2, 0.25) is 10.0 Å². The summed E-state index contributed by atoms with van der Waals surface area (Å²) in [5, 5.41) is 5.14. The molecule has 0 aromatic heterocycles. The molecule has 0 unspecified atom stereocenters. The SMILES string of the molecule is Cc1ccc(Sc2cc(S(N)(=O)=O)ccc2N)c(C)c1. The average Bonchev–Trinajstić information content (AvgIpc) is 2.33. The summed E-state index contributed by atoms with van der Waals surface area (Å²) in [4.78, 5) is 1.79. The second-order valence-corrected chi connectivity index (χ2v) is 7.26. The van der Waals surface area contributed by atoms with Crippen LogP contribution in [-0.4, -0.2) is 8.42 Å². The van der Waals surface area contributed by atoms with E-state index in [2.05, 4.69) is 6.07 Å². The molecule has 0 saturated carbocycles. The predicted molar refractivity (Wildman–Crippen MR) is 82.3 cm³/mol. The molecule has 4 nitrogen and oxygen atoms in total. The zero-order valence-electron chi connectivity index (χ0n) is 11.3. The van der Waals surface area contributed by atoms with Gasteiger partial charge >= 0.3 is 0 Å². The van der Waals surface area contributed by atoms with Crippen LogP contribution in [-0.2, 0) is 10.0 Å². The third-order valence-electron chi connectivity index (χ3n) is 2.86. The standard InChI is InChI=1S/C14H16N2O2S2/c1-9-3-6-13(10(2)7-9)19-14-8-11(20(16,17)18)4-5-12(14)15/h3-8H,15H2,1-2H3,(H2,16,17,18). The fourth-order valence-electron chi connectivity index (χ4n) is 1.81. The topological polar surface area (TPSA) is 86.2 Å². The first-order valence-corrected chi connectivity index (χ1v) is 8.31. The van der Waals surface area contributed by atoms with Gasteiger partial charge in [-0.05, 0) is 43.7 Å². The Morgan fingerprint density at radius 1 is 1.00 bits per heavy atom. The van der Waals surface area contributed by atoms with Crippen molar-refractivity contribution in [3.05, 3.63) is 47.5 Å². The van der Waals surface area contributed by atoms with Gasteiger partial charge in [0.05, 0.1) is 4.90 Å². The lowest BCUT2D eigenvalue weighted by molar-refractivity contribution is 0.597. The number of aryl methyl sites for hydroxylation is 2. The zero-order chi connectivity index (χ0) is 14.9. The van der Waals surface area contributed by atoms with E-state index >= 15 is 0 Å². The van der Waals surface area contributed by atoms with Gasteiger partial charge in [-0.3, -0.25) is 0 Å². The van der Waals surface area contributed by atoms with Gasteiger partial charge in [-0.15, -0.1) is 0 Å². The van der Waals surface area contributed by atoms with E-state index in [0.29, 0.717) is 10.6 Å². The van der Waals surface area contributed by atoms with Crippen LogP contribution in [0.5, 0.6) is 0 Å². The van der Waals surface area contributed by atoms with Crippen molar-refractivity contribution < 1.29 is 8.42 Å². The summed E-state index contributed by atoms with van der Waals surface area (Å²) in [5.74, 6) is 0.